The molecule has 0 radical (unpaired) electrons. The molecule has 2 heteroatoms. The molecule has 0 aromatic heterocycles. The van der Waals surface area contributed by atoms with Gasteiger partial charge in [-0.05, 0) is 36.8 Å². The Morgan fingerprint density at radius 3 is 1.74 bits per heavy atom. The maximum atomic E-state index is 6.32. The molecule has 0 bridgehead atoms. The van der Waals surface area contributed by atoms with Gasteiger partial charge in [0.2, 0.25) is 0 Å². The summed E-state index contributed by atoms with van der Waals surface area (Å²) >= 11 is 0. The predicted molar refractivity (Wildman–Crippen MR) is 136 cm³/mol. The van der Waals surface area contributed by atoms with Crippen molar-refractivity contribution in [2.24, 2.45) is 0 Å². The average molecular weight is 427 g/mol. The molecule has 2 rings (SSSR count). The first-order valence-corrected chi connectivity index (χ1v) is 13.1. The first-order valence-electron chi connectivity index (χ1n) is 13.1. The van der Waals surface area contributed by atoms with E-state index >= 15 is 0 Å². The summed E-state index contributed by atoms with van der Waals surface area (Å²) < 4.78 is 12.6. The zero-order chi connectivity index (χ0) is 22.2. The number of aryl methyl sites for hydroxylation is 1. The molecule has 0 atom stereocenters. The summed E-state index contributed by atoms with van der Waals surface area (Å²) in [6.45, 7) is 8.27. The number of fused-ring (bicyclic) bond motifs is 1. The molecule has 174 valence electrons. The maximum absolute atomic E-state index is 6.32. The van der Waals surface area contributed by atoms with Crippen LogP contribution in [0.3, 0.4) is 0 Å². The standard InChI is InChI=1S/C29H46O2/c1-4-6-8-10-12-14-16-23-30-27-20-18-19-26-22-21-25(3)29(28(26)27)31-24-17-15-13-11-9-7-5-2/h18-22H,4-17,23-24H2,1-3H3. The third-order valence-corrected chi connectivity index (χ3v) is 6.16. The van der Waals surface area contributed by atoms with Gasteiger partial charge in [0.05, 0.1) is 18.6 Å². The Balaban J connectivity index is 1.85. The molecule has 0 heterocycles. The van der Waals surface area contributed by atoms with E-state index in [0.29, 0.717) is 0 Å². The molecule has 0 unspecified atom stereocenters. The lowest BCUT2D eigenvalue weighted by Gasteiger charge is -2.16. The lowest BCUT2D eigenvalue weighted by atomic mass is 10.0. The van der Waals surface area contributed by atoms with Gasteiger partial charge in [-0.15, -0.1) is 0 Å². The van der Waals surface area contributed by atoms with E-state index in [4.69, 9.17) is 9.47 Å². The average Bonchev–Trinajstić information content (AvgIpc) is 2.78. The van der Waals surface area contributed by atoms with Crippen molar-refractivity contribution in [3.8, 4) is 11.5 Å². The lowest BCUT2D eigenvalue weighted by Crippen LogP contribution is -2.02. The topological polar surface area (TPSA) is 18.5 Å². The van der Waals surface area contributed by atoms with E-state index < -0.39 is 0 Å². The van der Waals surface area contributed by atoms with E-state index in [1.54, 1.807) is 0 Å². The fraction of sp³-hybridized carbons (Fsp3) is 0.655. The molecule has 0 saturated heterocycles. The van der Waals surface area contributed by atoms with Gasteiger partial charge in [-0.25, -0.2) is 0 Å². The van der Waals surface area contributed by atoms with Gasteiger partial charge in [-0.1, -0.05) is 115 Å². The quantitative estimate of drug-likeness (QED) is 0.221. The van der Waals surface area contributed by atoms with Crippen LogP contribution in [0.2, 0.25) is 0 Å². The summed E-state index contributed by atoms with van der Waals surface area (Å²) in [5, 5.41) is 2.35. The number of hydrogen-bond donors (Lipinski definition) is 0. The van der Waals surface area contributed by atoms with Crippen molar-refractivity contribution >= 4 is 10.8 Å². The van der Waals surface area contributed by atoms with Crippen LogP contribution in [0.4, 0.5) is 0 Å². The van der Waals surface area contributed by atoms with Gasteiger partial charge in [0, 0.05) is 0 Å². The van der Waals surface area contributed by atoms with Gasteiger partial charge in [0.15, 0.2) is 0 Å². The zero-order valence-electron chi connectivity index (χ0n) is 20.5. The highest BCUT2D eigenvalue weighted by Gasteiger charge is 2.12. The number of benzene rings is 2. The van der Waals surface area contributed by atoms with Crippen LogP contribution < -0.4 is 9.47 Å². The Bertz CT molecular complexity index is 722. The van der Waals surface area contributed by atoms with Gasteiger partial charge >= 0.3 is 0 Å². The van der Waals surface area contributed by atoms with Crippen LogP contribution in [0.1, 0.15) is 109 Å². The SMILES string of the molecule is CCCCCCCCCOc1cccc2ccc(C)c(OCCCCCCCCC)c12. The summed E-state index contributed by atoms with van der Waals surface area (Å²) in [6.07, 6.45) is 18.3. The number of ether oxygens (including phenoxy) is 2. The van der Waals surface area contributed by atoms with Gasteiger partial charge < -0.3 is 9.47 Å². The van der Waals surface area contributed by atoms with Gasteiger partial charge in [-0.3, -0.25) is 0 Å². The molecule has 0 amide bonds. The predicted octanol–water partition coefficient (Wildman–Crippen LogP) is 9.41. The van der Waals surface area contributed by atoms with Crippen molar-refractivity contribution in [2.75, 3.05) is 13.2 Å². The largest absolute Gasteiger partial charge is 0.493 e. The Hall–Kier alpha value is -1.70. The Kier molecular flexibility index (Phi) is 13.2. The monoisotopic (exact) mass is 426 g/mol. The maximum Gasteiger partial charge on any atom is 0.133 e. The summed E-state index contributed by atoms with van der Waals surface area (Å²) in [7, 11) is 0. The van der Waals surface area contributed by atoms with Crippen LogP contribution >= 0.6 is 0 Å². The Morgan fingerprint density at radius 2 is 1.13 bits per heavy atom. The van der Waals surface area contributed by atoms with E-state index in [1.807, 2.05) is 0 Å². The summed E-state index contributed by atoms with van der Waals surface area (Å²) in [5.74, 6) is 1.99. The van der Waals surface area contributed by atoms with Crippen molar-refractivity contribution in [1.82, 2.24) is 0 Å². The normalized spacial score (nSPS) is 11.2. The Morgan fingerprint density at radius 1 is 0.581 bits per heavy atom. The van der Waals surface area contributed by atoms with Crippen molar-refractivity contribution in [2.45, 2.75) is 111 Å². The van der Waals surface area contributed by atoms with E-state index in [2.05, 4.69) is 51.1 Å². The lowest BCUT2D eigenvalue weighted by molar-refractivity contribution is 0.296. The fourth-order valence-electron chi connectivity index (χ4n) is 4.20. The minimum atomic E-state index is 0.790. The number of unbranched alkanes of at least 4 members (excludes halogenated alkanes) is 12. The molecule has 0 aliphatic rings. The third-order valence-electron chi connectivity index (χ3n) is 6.16. The molecule has 0 aliphatic heterocycles. The van der Waals surface area contributed by atoms with Crippen molar-refractivity contribution < 1.29 is 9.47 Å². The second-order valence-electron chi connectivity index (χ2n) is 9.01. The van der Waals surface area contributed by atoms with Crippen LogP contribution in [0, 0.1) is 6.92 Å². The van der Waals surface area contributed by atoms with E-state index in [0.717, 1.165) is 42.9 Å². The molecule has 0 spiro atoms. The smallest absolute Gasteiger partial charge is 0.133 e. The van der Waals surface area contributed by atoms with Crippen LogP contribution in [-0.4, -0.2) is 13.2 Å². The molecule has 31 heavy (non-hydrogen) atoms. The summed E-state index contributed by atoms with van der Waals surface area (Å²) in [5.41, 5.74) is 1.20. The van der Waals surface area contributed by atoms with Crippen molar-refractivity contribution in [3.05, 3.63) is 35.9 Å². The second kappa shape index (κ2) is 16.0. The third kappa shape index (κ3) is 9.54. The highest BCUT2D eigenvalue weighted by molar-refractivity contribution is 5.94. The van der Waals surface area contributed by atoms with Crippen LogP contribution in [0.25, 0.3) is 10.8 Å². The second-order valence-corrected chi connectivity index (χ2v) is 9.01. The molecule has 0 fully saturated rings. The zero-order valence-corrected chi connectivity index (χ0v) is 20.5. The van der Waals surface area contributed by atoms with Crippen LogP contribution in [0.15, 0.2) is 30.3 Å². The van der Waals surface area contributed by atoms with Gasteiger partial charge in [0.25, 0.3) is 0 Å². The molecular formula is C29H46O2. The minimum absolute atomic E-state index is 0.790. The highest BCUT2D eigenvalue weighted by atomic mass is 16.5. The summed E-state index contributed by atoms with van der Waals surface area (Å²) in [6, 6.07) is 10.7. The molecule has 0 saturated carbocycles. The van der Waals surface area contributed by atoms with E-state index in [9.17, 15) is 0 Å². The van der Waals surface area contributed by atoms with Gasteiger partial charge in [0.1, 0.15) is 11.5 Å². The Labute approximate surface area is 191 Å². The van der Waals surface area contributed by atoms with Crippen LogP contribution in [0.5, 0.6) is 11.5 Å². The first-order chi connectivity index (χ1) is 15.3. The molecule has 0 aliphatic carbocycles. The molecule has 2 aromatic rings. The number of hydrogen-bond acceptors (Lipinski definition) is 2. The first kappa shape index (κ1) is 25.6. The van der Waals surface area contributed by atoms with Crippen molar-refractivity contribution in [1.29, 1.82) is 0 Å². The highest BCUT2D eigenvalue weighted by Crippen LogP contribution is 2.37. The van der Waals surface area contributed by atoms with E-state index in [-0.39, 0.29) is 0 Å². The van der Waals surface area contributed by atoms with Crippen molar-refractivity contribution in [3.63, 3.8) is 0 Å². The molecule has 2 nitrogen and oxygen atoms in total. The summed E-state index contributed by atoms with van der Waals surface area (Å²) in [4.78, 5) is 0. The number of rotatable bonds is 18. The molecular weight excluding hydrogens is 380 g/mol. The van der Waals surface area contributed by atoms with Gasteiger partial charge in [-0.2, -0.15) is 0 Å². The van der Waals surface area contributed by atoms with E-state index in [1.165, 1.54) is 88.0 Å². The minimum Gasteiger partial charge on any atom is -0.493 e. The molecule has 2 aromatic carbocycles. The van der Waals surface area contributed by atoms with Crippen LogP contribution in [-0.2, 0) is 0 Å². The fourth-order valence-corrected chi connectivity index (χ4v) is 4.20. The molecule has 0 N–H and O–H groups in total.